The minimum atomic E-state index is -0.0629. The second-order valence-electron chi connectivity index (χ2n) is 5.82. The van der Waals surface area contributed by atoms with E-state index in [-0.39, 0.29) is 11.9 Å². The van der Waals surface area contributed by atoms with Crippen LogP contribution in [-0.4, -0.2) is 23.5 Å². The Hall–Kier alpha value is -2.53. The number of nitrogens with zero attached hydrogens (tertiary/aromatic N) is 1. The van der Waals surface area contributed by atoms with Crippen molar-refractivity contribution in [3.05, 3.63) is 53.2 Å². The van der Waals surface area contributed by atoms with E-state index in [9.17, 15) is 4.79 Å². The number of hydrogen-bond acceptors (Lipinski definition) is 4. The third kappa shape index (κ3) is 6.41. The number of rotatable bonds is 8. The summed E-state index contributed by atoms with van der Waals surface area (Å²) in [7, 11) is 0. The van der Waals surface area contributed by atoms with Gasteiger partial charge in [0, 0.05) is 31.3 Å². The van der Waals surface area contributed by atoms with Crippen molar-refractivity contribution in [1.29, 1.82) is 0 Å². The summed E-state index contributed by atoms with van der Waals surface area (Å²) >= 11 is 6.24. The minimum absolute atomic E-state index is 0.0457. The van der Waals surface area contributed by atoms with Crippen molar-refractivity contribution in [1.82, 2.24) is 10.3 Å². The van der Waals surface area contributed by atoms with Crippen LogP contribution in [-0.2, 0) is 4.79 Å². The van der Waals surface area contributed by atoms with Crippen LogP contribution in [0.25, 0.3) is 6.08 Å². The largest absolute Gasteiger partial charge is 0.494 e. The lowest BCUT2D eigenvalue weighted by molar-refractivity contribution is -0.119. The molecule has 1 atom stereocenters. The normalized spacial score (nSPS) is 12.0. The van der Waals surface area contributed by atoms with Crippen LogP contribution in [0.2, 0.25) is 5.02 Å². The highest BCUT2D eigenvalue weighted by atomic mass is 35.5. The first-order valence-corrected chi connectivity index (χ1v) is 8.87. The van der Waals surface area contributed by atoms with Crippen molar-refractivity contribution in [3.63, 3.8) is 0 Å². The molecule has 1 N–H and O–H groups in total. The predicted octanol–water partition coefficient (Wildman–Crippen LogP) is 4.85. The van der Waals surface area contributed by atoms with Gasteiger partial charge in [0.1, 0.15) is 11.5 Å². The number of amides is 1. The molecule has 26 heavy (non-hydrogen) atoms. The molecule has 0 aliphatic carbocycles. The van der Waals surface area contributed by atoms with Crippen LogP contribution in [0.15, 0.2) is 42.6 Å². The summed E-state index contributed by atoms with van der Waals surface area (Å²) in [5.74, 6) is 1.62. The molecule has 0 aliphatic heterocycles. The van der Waals surface area contributed by atoms with Gasteiger partial charge in [0.15, 0.2) is 0 Å². The molecule has 1 heterocycles. The van der Waals surface area contributed by atoms with Crippen molar-refractivity contribution in [2.45, 2.75) is 33.2 Å². The molecule has 0 fully saturated rings. The van der Waals surface area contributed by atoms with Crippen molar-refractivity contribution >= 4 is 23.6 Å². The molecule has 6 heteroatoms. The Bertz CT molecular complexity index is 760. The van der Waals surface area contributed by atoms with Crippen LogP contribution in [0, 0.1) is 0 Å². The predicted molar refractivity (Wildman–Crippen MR) is 104 cm³/mol. The van der Waals surface area contributed by atoms with Gasteiger partial charge >= 0.3 is 0 Å². The maximum absolute atomic E-state index is 11.0. The van der Waals surface area contributed by atoms with Gasteiger partial charge in [-0.3, -0.25) is 4.79 Å². The number of hydrogen-bond donors (Lipinski definition) is 1. The summed E-state index contributed by atoms with van der Waals surface area (Å²) in [6.07, 6.45) is 6.41. The van der Waals surface area contributed by atoms with Gasteiger partial charge in [0.2, 0.25) is 11.8 Å². The lowest BCUT2D eigenvalue weighted by Crippen LogP contribution is -2.28. The fourth-order valence-corrected chi connectivity index (χ4v) is 2.37. The Balaban J connectivity index is 1.98. The Kier molecular flexibility index (Phi) is 7.48. The first kappa shape index (κ1) is 19.8. The molecule has 1 amide bonds. The first-order chi connectivity index (χ1) is 12.5. The van der Waals surface area contributed by atoms with Gasteiger partial charge in [-0.25, -0.2) is 4.98 Å². The number of carbonyl (C=O) groups excluding carboxylic acids is 1. The van der Waals surface area contributed by atoms with E-state index in [1.807, 2.05) is 38.1 Å². The van der Waals surface area contributed by atoms with Crippen molar-refractivity contribution in [3.8, 4) is 17.4 Å². The van der Waals surface area contributed by atoms with E-state index in [1.54, 1.807) is 24.4 Å². The lowest BCUT2D eigenvalue weighted by atomic mass is 10.2. The van der Waals surface area contributed by atoms with Gasteiger partial charge in [-0.1, -0.05) is 30.7 Å². The molecule has 0 radical (unpaired) electrons. The summed E-state index contributed by atoms with van der Waals surface area (Å²) in [5, 5.41) is 3.25. The van der Waals surface area contributed by atoms with Gasteiger partial charge in [0.05, 0.1) is 11.6 Å². The van der Waals surface area contributed by atoms with E-state index in [0.29, 0.717) is 29.0 Å². The minimum Gasteiger partial charge on any atom is -0.494 e. The van der Waals surface area contributed by atoms with Gasteiger partial charge in [-0.05, 0) is 37.1 Å². The van der Waals surface area contributed by atoms with E-state index < -0.39 is 0 Å². The van der Waals surface area contributed by atoms with Crippen LogP contribution in [0.3, 0.4) is 0 Å². The summed E-state index contributed by atoms with van der Waals surface area (Å²) in [5.41, 5.74) is 0.906. The Morgan fingerprint density at radius 2 is 2.15 bits per heavy atom. The third-order valence-electron chi connectivity index (χ3n) is 3.36. The van der Waals surface area contributed by atoms with E-state index >= 15 is 0 Å². The standard InChI is InChI=1S/C20H23ClN2O3/c1-4-11-25-17-8-9-19(18(21)12-17)26-20-10-7-16(13-22-20)6-5-14(2)23-15(3)24/h5-10,12-14H,4,11H2,1-3H3,(H,23,24)/b6-5+/t14-/m0/s1. The molecule has 1 aromatic carbocycles. The molecule has 0 aliphatic rings. The number of benzene rings is 1. The third-order valence-corrected chi connectivity index (χ3v) is 3.65. The average molecular weight is 375 g/mol. The second kappa shape index (κ2) is 9.82. The van der Waals surface area contributed by atoms with Crippen LogP contribution < -0.4 is 14.8 Å². The molecule has 2 rings (SSSR count). The molecule has 0 spiro atoms. The van der Waals surface area contributed by atoms with E-state index in [0.717, 1.165) is 12.0 Å². The number of aromatic nitrogens is 1. The Morgan fingerprint density at radius 3 is 2.77 bits per heavy atom. The van der Waals surface area contributed by atoms with Crippen molar-refractivity contribution in [2.24, 2.45) is 0 Å². The Morgan fingerprint density at radius 1 is 1.35 bits per heavy atom. The van der Waals surface area contributed by atoms with Gasteiger partial charge < -0.3 is 14.8 Å². The maximum Gasteiger partial charge on any atom is 0.219 e. The molecule has 138 valence electrons. The summed E-state index contributed by atoms with van der Waals surface area (Å²) in [4.78, 5) is 15.3. The van der Waals surface area contributed by atoms with Crippen LogP contribution in [0.5, 0.6) is 17.4 Å². The average Bonchev–Trinajstić information content (AvgIpc) is 2.61. The number of nitrogens with one attached hydrogen (secondary N) is 1. The monoisotopic (exact) mass is 374 g/mol. The Labute approximate surface area is 159 Å². The molecule has 0 bridgehead atoms. The van der Waals surface area contributed by atoms with E-state index in [1.165, 1.54) is 6.92 Å². The molecule has 1 aromatic heterocycles. The molecule has 0 unspecified atom stereocenters. The zero-order valence-electron chi connectivity index (χ0n) is 15.2. The molecule has 0 saturated heterocycles. The molecular weight excluding hydrogens is 352 g/mol. The quantitative estimate of drug-likeness (QED) is 0.717. The first-order valence-electron chi connectivity index (χ1n) is 8.49. The summed E-state index contributed by atoms with van der Waals surface area (Å²) < 4.78 is 11.3. The van der Waals surface area contributed by atoms with E-state index in [4.69, 9.17) is 21.1 Å². The maximum atomic E-state index is 11.0. The molecular formula is C20H23ClN2O3. The van der Waals surface area contributed by atoms with Gasteiger partial charge in [0.25, 0.3) is 0 Å². The fourth-order valence-electron chi connectivity index (χ4n) is 2.16. The van der Waals surface area contributed by atoms with Crippen molar-refractivity contribution < 1.29 is 14.3 Å². The van der Waals surface area contributed by atoms with Gasteiger partial charge in [-0.15, -0.1) is 0 Å². The highest BCUT2D eigenvalue weighted by Crippen LogP contribution is 2.31. The summed E-state index contributed by atoms with van der Waals surface area (Å²) in [6, 6.07) is 8.91. The molecule has 2 aromatic rings. The van der Waals surface area contributed by atoms with Crippen molar-refractivity contribution in [2.75, 3.05) is 6.61 Å². The number of pyridine rings is 1. The summed E-state index contributed by atoms with van der Waals surface area (Å²) in [6.45, 7) is 6.09. The molecule has 0 saturated carbocycles. The number of halogens is 1. The SMILES string of the molecule is CCCOc1ccc(Oc2ccc(/C=C/[C@H](C)NC(C)=O)cn2)c(Cl)c1. The smallest absolute Gasteiger partial charge is 0.219 e. The lowest BCUT2D eigenvalue weighted by Gasteiger charge is -2.09. The zero-order valence-corrected chi connectivity index (χ0v) is 15.9. The second-order valence-corrected chi connectivity index (χ2v) is 6.23. The highest BCUT2D eigenvalue weighted by Gasteiger charge is 2.06. The van der Waals surface area contributed by atoms with Crippen LogP contribution in [0.4, 0.5) is 0 Å². The molecule has 5 nitrogen and oxygen atoms in total. The topological polar surface area (TPSA) is 60.5 Å². The highest BCUT2D eigenvalue weighted by molar-refractivity contribution is 6.32. The van der Waals surface area contributed by atoms with E-state index in [2.05, 4.69) is 10.3 Å². The number of ether oxygens (including phenoxy) is 2. The number of carbonyl (C=O) groups is 1. The van der Waals surface area contributed by atoms with Crippen LogP contribution in [0.1, 0.15) is 32.8 Å². The van der Waals surface area contributed by atoms with Gasteiger partial charge in [-0.2, -0.15) is 0 Å². The zero-order chi connectivity index (χ0) is 18.9. The fraction of sp³-hybridized carbons (Fsp3) is 0.300. The van der Waals surface area contributed by atoms with Crippen LogP contribution >= 0.6 is 11.6 Å².